The molecule has 0 spiro atoms. The minimum atomic E-state index is -0.397. The molecule has 0 aliphatic rings. The number of nitrogens with one attached hydrogen (secondary N) is 2. The van der Waals surface area contributed by atoms with E-state index in [0.717, 1.165) is 0 Å². The first-order valence-corrected chi connectivity index (χ1v) is 5.51. The van der Waals surface area contributed by atoms with Crippen molar-refractivity contribution in [1.82, 2.24) is 10.6 Å². The molecule has 18 heavy (non-hydrogen) atoms. The Hall–Kier alpha value is -1.95. The van der Waals surface area contributed by atoms with Crippen LogP contribution in [-0.2, 0) is 16.1 Å². The molecule has 4 N–H and O–H groups in total. The second-order valence-electron chi connectivity index (χ2n) is 3.84. The first-order valence-electron chi connectivity index (χ1n) is 5.51. The summed E-state index contributed by atoms with van der Waals surface area (Å²) in [5, 5.41) is 4.90. The first kappa shape index (κ1) is 14.1. The van der Waals surface area contributed by atoms with Gasteiger partial charge in [0.25, 0.3) is 0 Å². The van der Waals surface area contributed by atoms with Crippen molar-refractivity contribution in [3.8, 4) is 0 Å². The monoisotopic (exact) mass is 253 g/mol. The van der Waals surface area contributed by atoms with Crippen LogP contribution in [0.4, 0.5) is 4.39 Å². The molecular formula is C12H16FN3O2. The number of benzene rings is 1. The van der Waals surface area contributed by atoms with Crippen LogP contribution in [0.25, 0.3) is 0 Å². The summed E-state index contributed by atoms with van der Waals surface area (Å²) >= 11 is 0. The van der Waals surface area contributed by atoms with Gasteiger partial charge in [-0.2, -0.15) is 0 Å². The predicted octanol–water partition coefficient (Wildman–Crippen LogP) is -0.175. The predicted molar refractivity (Wildman–Crippen MR) is 65.0 cm³/mol. The molecule has 0 aliphatic heterocycles. The van der Waals surface area contributed by atoms with Crippen LogP contribution in [0.5, 0.6) is 0 Å². The van der Waals surface area contributed by atoms with Crippen LogP contribution in [0.15, 0.2) is 18.2 Å². The van der Waals surface area contributed by atoms with Gasteiger partial charge >= 0.3 is 0 Å². The maximum Gasteiger partial charge on any atom is 0.239 e. The van der Waals surface area contributed by atoms with Crippen molar-refractivity contribution in [3.63, 3.8) is 0 Å². The largest absolute Gasteiger partial charge is 0.350 e. The number of carbonyl (C=O) groups is 2. The number of hydrogen-bond donors (Lipinski definition) is 3. The molecule has 5 nitrogen and oxygen atoms in total. The summed E-state index contributed by atoms with van der Waals surface area (Å²) in [6, 6.07) is 4.75. The van der Waals surface area contributed by atoms with E-state index < -0.39 is 5.91 Å². The van der Waals surface area contributed by atoms with Gasteiger partial charge < -0.3 is 16.4 Å². The van der Waals surface area contributed by atoms with Crippen LogP contribution in [0.2, 0.25) is 0 Å². The molecule has 0 unspecified atom stereocenters. The van der Waals surface area contributed by atoms with Gasteiger partial charge in [-0.25, -0.2) is 4.39 Å². The SMILES string of the molecule is Cc1ccc(CNC(=O)CNC(=O)CN)cc1F. The number of carbonyl (C=O) groups excluding carboxylic acids is 2. The highest BCUT2D eigenvalue weighted by Crippen LogP contribution is 2.08. The lowest BCUT2D eigenvalue weighted by Crippen LogP contribution is -2.39. The fourth-order valence-corrected chi connectivity index (χ4v) is 1.26. The van der Waals surface area contributed by atoms with Crippen LogP contribution < -0.4 is 16.4 Å². The second-order valence-corrected chi connectivity index (χ2v) is 3.84. The zero-order valence-corrected chi connectivity index (χ0v) is 10.1. The fraction of sp³-hybridized carbons (Fsp3) is 0.333. The molecule has 0 atom stereocenters. The molecule has 1 rings (SSSR count). The molecule has 0 fully saturated rings. The molecule has 6 heteroatoms. The Labute approximate surface area is 105 Å². The summed E-state index contributed by atoms with van der Waals surface area (Å²) in [6.07, 6.45) is 0. The average molecular weight is 253 g/mol. The summed E-state index contributed by atoms with van der Waals surface area (Å²) in [7, 11) is 0. The van der Waals surface area contributed by atoms with E-state index in [2.05, 4.69) is 10.6 Å². The van der Waals surface area contributed by atoms with E-state index in [4.69, 9.17) is 5.73 Å². The fourth-order valence-electron chi connectivity index (χ4n) is 1.26. The molecule has 0 aromatic heterocycles. The minimum absolute atomic E-state index is 0.135. The number of nitrogens with two attached hydrogens (primary N) is 1. The van der Waals surface area contributed by atoms with Crippen LogP contribution in [-0.4, -0.2) is 24.9 Å². The number of amides is 2. The second kappa shape index (κ2) is 6.70. The lowest BCUT2D eigenvalue weighted by Gasteiger charge is -2.07. The number of hydrogen-bond acceptors (Lipinski definition) is 3. The normalized spacial score (nSPS) is 9.94. The third kappa shape index (κ3) is 4.50. The van der Waals surface area contributed by atoms with E-state index >= 15 is 0 Å². The molecule has 98 valence electrons. The summed E-state index contributed by atoms with van der Waals surface area (Å²) in [6.45, 7) is 1.59. The number of aryl methyl sites for hydroxylation is 1. The number of halogens is 1. The van der Waals surface area contributed by atoms with Crippen LogP contribution >= 0.6 is 0 Å². The molecule has 0 bridgehead atoms. The topological polar surface area (TPSA) is 84.2 Å². The Morgan fingerprint density at radius 2 is 2.00 bits per heavy atom. The first-order chi connectivity index (χ1) is 8.52. The number of rotatable bonds is 5. The van der Waals surface area contributed by atoms with Crippen molar-refractivity contribution in [2.45, 2.75) is 13.5 Å². The molecular weight excluding hydrogens is 237 g/mol. The van der Waals surface area contributed by atoms with Gasteiger partial charge in [-0.15, -0.1) is 0 Å². The van der Waals surface area contributed by atoms with Crippen molar-refractivity contribution in [2.75, 3.05) is 13.1 Å². The Morgan fingerprint density at radius 1 is 1.28 bits per heavy atom. The zero-order valence-electron chi connectivity index (χ0n) is 10.1. The van der Waals surface area contributed by atoms with Gasteiger partial charge in [-0.1, -0.05) is 12.1 Å². The Morgan fingerprint density at radius 3 is 2.61 bits per heavy atom. The Bertz CT molecular complexity index is 449. The highest BCUT2D eigenvalue weighted by atomic mass is 19.1. The molecule has 2 amide bonds. The van der Waals surface area contributed by atoms with E-state index in [1.54, 1.807) is 19.1 Å². The minimum Gasteiger partial charge on any atom is -0.350 e. The third-order valence-electron chi connectivity index (χ3n) is 2.36. The summed E-state index contributed by atoms with van der Waals surface area (Å²) in [4.78, 5) is 22.1. The van der Waals surface area contributed by atoms with Crippen molar-refractivity contribution >= 4 is 11.8 Å². The summed E-state index contributed by atoms with van der Waals surface area (Å²) in [5.41, 5.74) is 6.29. The standard InChI is InChI=1S/C12H16FN3O2/c1-8-2-3-9(4-10(8)13)6-15-12(18)7-16-11(17)5-14/h2-4H,5-7,14H2,1H3,(H,15,18)(H,16,17). The lowest BCUT2D eigenvalue weighted by molar-refractivity contribution is -0.125. The molecule has 0 saturated carbocycles. The van der Waals surface area contributed by atoms with Crippen LogP contribution in [0, 0.1) is 12.7 Å². The van der Waals surface area contributed by atoms with Crippen molar-refractivity contribution in [2.24, 2.45) is 5.73 Å². The van der Waals surface area contributed by atoms with Crippen LogP contribution in [0.3, 0.4) is 0 Å². The van der Waals surface area contributed by atoms with Gasteiger partial charge in [0.1, 0.15) is 5.82 Å². The highest BCUT2D eigenvalue weighted by Gasteiger charge is 2.04. The van der Waals surface area contributed by atoms with E-state index in [-0.39, 0.29) is 31.4 Å². The van der Waals surface area contributed by atoms with Gasteiger partial charge in [0.15, 0.2) is 0 Å². The quantitative estimate of drug-likeness (QED) is 0.681. The zero-order chi connectivity index (χ0) is 13.5. The molecule has 0 radical (unpaired) electrons. The Balaban J connectivity index is 2.38. The molecule has 0 heterocycles. The molecule has 0 saturated heterocycles. The highest BCUT2D eigenvalue weighted by molar-refractivity contribution is 5.85. The lowest BCUT2D eigenvalue weighted by atomic mass is 10.1. The van der Waals surface area contributed by atoms with E-state index in [1.807, 2.05) is 0 Å². The summed E-state index contributed by atoms with van der Waals surface area (Å²) in [5.74, 6) is -1.05. The Kier molecular flexibility index (Phi) is 5.26. The smallest absolute Gasteiger partial charge is 0.239 e. The van der Waals surface area contributed by atoms with Gasteiger partial charge in [0.2, 0.25) is 11.8 Å². The van der Waals surface area contributed by atoms with Crippen molar-refractivity contribution in [3.05, 3.63) is 35.1 Å². The van der Waals surface area contributed by atoms with E-state index in [0.29, 0.717) is 11.1 Å². The maximum atomic E-state index is 13.2. The molecule has 1 aromatic rings. The van der Waals surface area contributed by atoms with E-state index in [1.165, 1.54) is 6.07 Å². The molecule has 1 aromatic carbocycles. The van der Waals surface area contributed by atoms with Gasteiger partial charge in [-0.05, 0) is 24.1 Å². The average Bonchev–Trinajstić information content (AvgIpc) is 2.37. The third-order valence-corrected chi connectivity index (χ3v) is 2.36. The van der Waals surface area contributed by atoms with Crippen molar-refractivity contribution in [1.29, 1.82) is 0 Å². The van der Waals surface area contributed by atoms with Gasteiger partial charge in [0.05, 0.1) is 13.1 Å². The molecule has 0 aliphatic carbocycles. The maximum absolute atomic E-state index is 13.2. The van der Waals surface area contributed by atoms with E-state index in [9.17, 15) is 14.0 Å². The summed E-state index contributed by atoms with van der Waals surface area (Å²) < 4.78 is 13.2. The van der Waals surface area contributed by atoms with Gasteiger partial charge in [0, 0.05) is 6.54 Å². The van der Waals surface area contributed by atoms with Crippen molar-refractivity contribution < 1.29 is 14.0 Å². The van der Waals surface area contributed by atoms with Crippen LogP contribution in [0.1, 0.15) is 11.1 Å². The van der Waals surface area contributed by atoms with Gasteiger partial charge in [-0.3, -0.25) is 9.59 Å².